The van der Waals surface area contributed by atoms with Crippen LogP contribution in [0.15, 0.2) is 52.3 Å². The Labute approximate surface area is 129 Å². The van der Waals surface area contributed by atoms with E-state index in [0.29, 0.717) is 10.6 Å². The Balaban J connectivity index is 2.02. The van der Waals surface area contributed by atoms with Crippen molar-refractivity contribution in [3.63, 3.8) is 0 Å². The van der Waals surface area contributed by atoms with Crippen LogP contribution in [0.3, 0.4) is 0 Å². The molecular weight excluding hydrogens is 308 g/mol. The normalized spacial score (nSPS) is 17.5. The molecule has 0 saturated heterocycles. The van der Waals surface area contributed by atoms with Gasteiger partial charge in [-0.15, -0.1) is 11.6 Å². The molecule has 1 aliphatic rings. The maximum atomic E-state index is 12.6. The summed E-state index contributed by atoms with van der Waals surface area (Å²) in [7, 11) is -1.95. The fourth-order valence-electron chi connectivity index (χ4n) is 2.60. The van der Waals surface area contributed by atoms with E-state index in [-0.39, 0.29) is 10.3 Å². The molecular formula is C16H15ClO3S. The highest BCUT2D eigenvalue weighted by molar-refractivity contribution is 7.91. The van der Waals surface area contributed by atoms with E-state index < -0.39 is 9.84 Å². The number of fused-ring (bicyclic) bond motifs is 1. The van der Waals surface area contributed by atoms with Crippen molar-refractivity contribution in [2.24, 2.45) is 0 Å². The van der Waals surface area contributed by atoms with Crippen LogP contribution in [0.5, 0.6) is 5.75 Å². The molecule has 1 unspecified atom stereocenters. The molecule has 3 rings (SSSR count). The molecule has 1 atom stereocenters. The van der Waals surface area contributed by atoms with Crippen molar-refractivity contribution in [3.8, 4) is 5.75 Å². The predicted molar refractivity (Wildman–Crippen MR) is 81.8 cm³/mol. The Kier molecular flexibility index (Phi) is 3.68. The molecule has 1 aliphatic carbocycles. The minimum absolute atomic E-state index is 0.00209. The van der Waals surface area contributed by atoms with Crippen molar-refractivity contribution >= 4 is 21.4 Å². The van der Waals surface area contributed by atoms with E-state index in [0.717, 1.165) is 24.0 Å². The quantitative estimate of drug-likeness (QED) is 0.808. The molecule has 0 fully saturated rings. The molecule has 0 radical (unpaired) electrons. The van der Waals surface area contributed by atoms with E-state index in [1.54, 1.807) is 43.5 Å². The van der Waals surface area contributed by atoms with Crippen LogP contribution in [-0.4, -0.2) is 15.5 Å². The third-order valence-corrected chi connectivity index (χ3v) is 6.02. The van der Waals surface area contributed by atoms with E-state index in [1.165, 1.54) is 0 Å². The summed E-state index contributed by atoms with van der Waals surface area (Å²) in [6.45, 7) is 0. The van der Waals surface area contributed by atoms with Crippen LogP contribution in [0.2, 0.25) is 0 Å². The van der Waals surface area contributed by atoms with Crippen molar-refractivity contribution in [1.29, 1.82) is 0 Å². The molecule has 5 heteroatoms. The van der Waals surface area contributed by atoms with Gasteiger partial charge >= 0.3 is 0 Å². The van der Waals surface area contributed by atoms with Crippen molar-refractivity contribution in [1.82, 2.24) is 0 Å². The van der Waals surface area contributed by atoms with E-state index in [9.17, 15) is 8.42 Å². The SMILES string of the molecule is COc1ccc(S(=O)(=O)c2ccc3c(c2)CCC3Cl)cc1. The molecule has 2 aromatic carbocycles. The third-order valence-electron chi connectivity index (χ3n) is 3.80. The zero-order valence-electron chi connectivity index (χ0n) is 11.5. The van der Waals surface area contributed by atoms with Gasteiger partial charge < -0.3 is 4.74 Å². The number of hydrogen-bond donors (Lipinski definition) is 0. The summed E-state index contributed by atoms with van der Waals surface area (Å²) in [5.74, 6) is 0.632. The Morgan fingerprint density at radius 2 is 1.76 bits per heavy atom. The van der Waals surface area contributed by atoms with Crippen LogP contribution in [-0.2, 0) is 16.3 Å². The van der Waals surface area contributed by atoms with Gasteiger partial charge in [0.1, 0.15) is 5.75 Å². The summed E-state index contributed by atoms with van der Waals surface area (Å²) >= 11 is 6.20. The maximum absolute atomic E-state index is 12.6. The van der Waals surface area contributed by atoms with Gasteiger partial charge in [0.2, 0.25) is 9.84 Å². The molecule has 3 nitrogen and oxygen atoms in total. The van der Waals surface area contributed by atoms with Gasteiger partial charge in [-0.25, -0.2) is 8.42 Å². The van der Waals surface area contributed by atoms with Gasteiger partial charge in [0.15, 0.2) is 0 Å². The minimum Gasteiger partial charge on any atom is -0.497 e. The molecule has 2 aromatic rings. The summed E-state index contributed by atoms with van der Waals surface area (Å²) in [5, 5.41) is -0.00209. The lowest BCUT2D eigenvalue weighted by atomic mass is 10.1. The van der Waals surface area contributed by atoms with Crippen molar-refractivity contribution in [2.45, 2.75) is 28.0 Å². The predicted octanol–water partition coefficient (Wildman–Crippen LogP) is 3.75. The van der Waals surface area contributed by atoms with Crippen LogP contribution in [0.1, 0.15) is 22.9 Å². The largest absolute Gasteiger partial charge is 0.497 e. The number of benzene rings is 2. The van der Waals surface area contributed by atoms with Gasteiger partial charge in [-0.3, -0.25) is 0 Å². The van der Waals surface area contributed by atoms with Crippen LogP contribution < -0.4 is 4.74 Å². The van der Waals surface area contributed by atoms with Crippen LogP contribution in [0.4, 0.5) is 0 Å². The maximum Gasteiger partial charge on any atom is 0.206 e. The van der Waals surface area contributed by atoms with E-state index in [1.807, 2.05) is 6.07 Å². The van der Waals surface area contributed by atoms with Crippen molar-refractivity contribution in [2.75, 3.05) is 7.11 Å². The average Bonchev–Trinajstić information content (AvgIpc) is 2.88. The highest BCUT2D eigenvalue weighted by Gasteiger charge is 2.24. The summed E-state index contributed by atoms with van der Waals surface area (Å²) < 4.78 is 30.3. The summed E-state index contributed by atoms with van der Waals surface area (Å²) in [4.78, 5) is 0.584. The number of hydrogen-bond acceptors (Lipinski definition) is 3. The second kappa shape index (κ2) is 5.35. The fourth-order valence-corrected chi connectivity index (χ4v) is 4.23. The molecule has 21 heavy (non-hydrogen) atoms. The number of halogens is 1. The Morgan fingerprint density at radius 1 is 1.10 bits per heavy atom. The zero-order valence-corrected chi connectivity index (χ0v) is 13.1. The molecule has 0 N–H and O–H groups in total. The first kappa shape index (κ1) is 14.4. The Bertz CT molecular complexity index is 767. The minimum atomic E-state index is -3.50. The molecule has 0 bridgehead atoms. The first-order valence-electron chi connectivity index (χ1n) is 6.68. The molecule has 0 aromatic heterocycles. The third kappa shape index (κ3) is 2.54. The molecule has 0 saturated carbocycles. The molecule has 0 spiro atoms. The van der Waals surface area contributed by atoms with Gasteiger partial charge in [0.05, 0.1) is 22.3 Å². The second-order valence-corrected chi connectivity index (χ2v) is 7.52. The van der Waals surface area contributed by atoms with E-state index in [2.05, 4.69) is 0 Å². The van der Waals surface area contributed by atoms with Gasteiger partial charge in [-0.1, -0.05) is 6.07 Å². The van der Waals surface area contributed by atoms with Crippen molar-refractivity contribution in [3.05, 3.63) is 53.6 Å². The van der Waals surface area contributed by atoms with E-state index >= 15 is 0 Å². The number of methoxy groups -OCH3 is 1. The summed E-state index contributed by atoms with van der Waals surface area (Å²) in [6.07, 6.45) is 1.69. The van der Waals surface area contributed by atoms with Gasteiger partial charge in [0, 0.05) is 0 Å². The fraction of sp³-hybridized carbons (Fsp3) is 0.250. The lowest BCUT2D eigenvalue weighted by molar-refractivity contribution is 0.414. The second-order valence-electron chi connectivity index (χ2n) is 5.05. The highest BCUT2D eigenvalue weighted by Crippen LogP contribution is 2.37. The lowest BCUT2D eigenvalue weighted by Crippen LogP contribution is -2.03. The first-order valence-corrected chi connectivity index (χ1v) is 8.60. The molecule has 110 valence electrons. The Morgan fingerprint density at radius 3 is 2.43 bits per heavy atom. The van der Waals surface area contributed by atoms with Crippen LogP contribution >= 0.6 is 11.6 Å². The Hall–Kier alpha value is -1.52. The van der Waals surface area contributed by atoms with Crippen molar-refractivity contribution < 1.29 is 13.2 Å². The standard InChI is InChI=1S/C16H15ClO3S/c1-20-12-3-5-13(6-4-12)21(18,19)14-7-8-15-11(10-14)2-9-16(15)17/h3-8,10,16H,2,9H2,1H3. The summed E-state index contributed by atoms with van der Waals surface area (Å²) in [6, 6.07) is 11.6. The number of aryl methyl sites for hydroxylation is 1. The molecule has 0 amide bonds. The van der Waals surface area contributed by atoms with Crippen LogP contribution in [0, 0.1) is 0 Å². The van der Waals surface area contributed by atoms with Gasteiger partial charge in [0.25, 0.3) is 0 Å². The number of alkyl halides is 1. The topological polar surface area (TPSA) is 43.4 Å². The number of sulfone groups is 1. The zero-order chi connectivity index (χ0) is 15.0. The van der Waals surface area contributed by atoms with Crippen LogP contribution in [0.25, 0.3) is 0 Å². The highest BCUT2D eigenvalue weighted by atomic mass is 35.5. The van der Waals surface area contributed by atoms with Gasteiger partial charge in [-0.05, 0) is 60.4 Å². The monoisotopic (exact) mass is 322 g/mol. The number of rotatable bonds is 3. The smallest absolute Gasteiger partial charge is 0.206 e. The average molecular weight is 323 g/mol. The number of ether oxygens (including phenoxy) is 1. The lowest BCUT2D eigenvalue weighted by Gasteiger charge is -2.08. The molecule has 0 heterocycles. The van der Waals surface area contributed by atoms with Gasteiger partial charge in [-0.2, -0.15) is 0 Å². The van der Waals surface area contributed by atoms with E-state index in [4.69, 9.17) is 16.3 Å². The summed E-state index contributed by atoms with van der Waals surface area (Å²) in [5.41, 5.74) is 2.08. The molecule has 0 aliphatic heterocycles. The first-order chi connectivity index (χ1) is 10.0.